The van der Waals surface area contributed by atoms with Crippen molar-refractivity contribution < 1.29 is 4.74 Å². The van der Waals surface area contributed by atoms with Gasteiger partial charge in [-0.25, -0.2) is 0 Å². The second-order valence-electron chi connectivity index (χ2n) is 6.47. The lowest BCUT2D eigenvalue weighted by Gasteiger charge is -2.27. The van der Waals surface area contributed by atoms with Gasteiger partial charge in [-0.15, -0.1) is 0 Å². The van der Waals surface area contributed by atoms with Gasteiger partial charge < -0.3 is 10.1 Å². The van der Waals surface area contributed by atoms with Crippen molar-refractivity contribution in [2.45, 2.75) is 57.6 Å². The highest BCUT2D eigenvalue weighted by Crippen LogP contribution is 2.37. The highest BCUT2D eigenvalue weighted by atomic mass is 16.5. The number of hydrogen-bond acceptors (Lipinski definition) is 2. The summed E-state index contributed by atoms with van der Waals surface area (Å²) in [6.07, 6.45) is 5.75. The Morgan fingerprint density at radius 2 is 2.00 bits per heavy atom. The summed E-state index contributed by atoms with van der Waals surface area (Å²) >= 11 is 0. The first-order valence-electron chi connectivity index (χ1n) is 8.22. The van der Waals surface area contributed by atoms with E-state index in [4.69, 9.17) is 4.74 Å². The standard InChI is InChI=1S/C18H27NO/c1-3-19-18(17-11-13(2)20-12-17)16-9-7-15(8-10-16)14-5-4-6-14/h7-10,13-14,17-19H,3-6,11-12H2,1-2H3. The Bertz CT molecular complexity index is 424. The van der Waals surface area contributed by atoms with Crippen LogP contribution in [0.3, 0.4) is 0 Å². The number of rotatable bonds is 5. The zero-order valence-corrected chi connectivity index (χ0v) is 12.8. The van der Waals surface area contributed by atoms with E-state index in [1.54, 1.807) is 0 Å². The van der Waals surface area contributed by atoms with Gasteiger partial charge in [0.15, 0.2) is 0 Å². The monoisotopic (exact) mass is 273 g/mol. The summed E-state index contributed by atoms with van der Waals surface area (Å²) in [5, 5.41) is 3.66. The van der Waals surface area contributed by atoms with Gasteiger partial charge in [-0.05, 0) is 49.8 Å². The molecule has 0 aromatic heterocycles. The molecule has 0 amide bonds. The van der Waals surface area contributed by atoms with Crippen LogP contribution in [0.25, 0.3) is 0 Å². The maximum Gasteiger partial charge on any atom is 0.0551 e. The molecule has 110 valence electrons. The van der Waals surface area contributed by atoms with E-state index in [0.29, 0.717) is 18.1 Å². The molecule has 1 N–H and O–H groups in total. The largest absolute Gasteiger partial charge is 0.378 e. The van der Waals surface area contributed by atoms with Crippen LogP contribution in [-0.2, 0) is 4.74 Å². The van der Waals surface area contributed by atoms with Crippen molar-refractivity contribution in [3.8, 4) is 0 Å². The molecular formula is C18H27NO. The molecular weight excluding hydrogens is 246 g/mol. The number of hydrogen-bond donors (Lipinski definition) is 1. The van der Waals surface area contributed by atoms with E-state index in [1.807, 2.05) is 0 Å². The molecule has 1 heterocycles. The summed E-state index contributed by atoms with van der Waals surface area (Å²) in [4.78, 5) is 0. The minimum Gasteiger partial charge on any atom is -0.378 e. The van der Waals surface area contributed by atoms with E-state index in [-0.39, 0.29) is 0 Å². The van der Waals surface area contributed by atoms with E-state index in [0.717, 1.165) is 19.1 Å². The number of ether oxygens (including phenoxy) is 1. The number of benzene rings is 1. The molecule has 0 spiro atoms. The minimum absolute atomic E-state index is 0.412. The molecule has 2 nitrogen and oxygen atoms in total. The van der Waals surface area contributed by atoms with Crippen LogP contribution in [0.5, 0.6) is 0 Å². The highest BCUT2D eigenvalue weighted by Gasteiger charge is 2.30. The first kappa shape index (κ1) is 14.1. The van der Waals surface area contributed by atoms with Crippen molar-refractivity contribution in [2.75, 3.05) is 13.2 Å². The topological polar surface area (TPSA) is 21.3 Å². The van der Waals surface area contributed by atoms with Gasteiger partial charge >= 0.3 is 0 Å². The molecule has 0 radical (unpaired) electrons. The number of nitrogens with one attached hydrogen (secondary N) is 1. The van der Waals surface area contributed by atoms with E-state index in [9.17, 15) is 0 Å². The quantitative estimate of drug-likeness (QED) is 0.874. The Hall–Kier alpha value is -0.860. The molecule has 2 aliphatic rings. The maximum absolute atomic E-state index is 5.76. The predicted octanol–water partition coefficient (Wildman–Crippen LogP) is 4.03. The molecule has 0 bridgehead atoms. The fourth-order valence-electron chi connectivity index (χ4n) is 3.58. The first-order chi connectivity index (χ1) is 9.78. The van der Waals surface area contributed by atoms with Gasteiger partial charge in [0.2, 0.25) is 0 Å². The predicted molar refractivity (Wildman–Crippen MR) is 83.0 cm³/mol. The van der Waals surface area contributed by atoms with E-state index >= 15 is 0 Å². The lowest BCUT2D eigenvalue weighted by molar-refractivity contribution is 0.117. The summed E-state index contributed by atoms with van der Waals surface area (Å²) < 4.78 is 5.76. The van der Waals surface area contributed by atoms with Crippen molar-refractivity contribution in [3.63, 3.8) is 0 Å². The van der Waals surface area contributed by atoms with Gasteiger partial charge in [-0.2, -0.15) is 0 Å². The van der Waals surface area contributed by atoms with Gasteiger partial charge in [-0.3, -0.25) is 0 Å². The van der Waals surface area contributed by atoms with Crippen molar-refractivity contribution >= 4 is 0 Å². The van der Waals surface area contributed by atoms with Gasteiger partial charge in [0, 0.05) is 12.0 Å². The molecule has 2 heteroatoms. The minimum atomic E-state index is 0.412. The van der Waals surface area contributed by atoms with Crippen molar-refractivity contribution in [1.29, 1.82) is 0 Å². The zero-order valence-electron chi connectivity index (χ0n) is 12.8. The molecule has 2 fully saturated rings. The normalized spacial score (nSPS) is 28.3. The third-order valence-corrected chi connectivity index (χ3v) is 5.00. The summed E-state index contributed by atoms with van der Waals surface area (Å²) in [5.74, 6) is 1.44. The molecule has 1 aliphatic carbocycles. The summed E-state index contributed by atoms with van der Waals surface area (Å²) in [6, 6.07) is 9.82. The molecule has 1 aromatic carbocycles. The Balaban J connectivity index is 1.72. The Morgan fingerprint density at radius 1 is 1.25 bits per heavy atom. The average Bonchev–Trinajstić information content (AvgIpc) is 2.82. The summed E-state index contributed by atoms with van der Waals surface area (Å²) in [6.45, 7) is 6.28. The average molecular weight is 273 g/mol. The van der Waals surface area contributed by atoms with Crippen LogP contribution in [0.15, 0.2) is 24.3 Å². The van der Waals surface area contributed by atoms with Crippen LogP contribution < -0.4 is 5.32 Å². The van der Waals surface area contributed by atoms with Crippen molar-refractivity contribution in [3.05, 3.63) is 35.4 Å². The van der Waals surface area contributed by atoms with Gasteiger partial charge in [0.05, 0.1) is 12.7 Å². The maximum atomic E-state index is 5.76. The second-order valence-corrected chi connectivity index (χ2v) is 6.47. The molecule has 3 rings (SSSR count). The molecule has 1 saturated carbocycles. The Kier molecular flexibility index (Phi) is 4.42. The van der Waals surface area contributed by atoms with E-state index < -0.39 is 0 Å². The highest BCUT2D eigenvalue weighted by molar-refractivity contribution is 5.29. The van der Waals surface area contributed by atoms with Crippen LogP contribution in [0.2, 0.25) is 0 Å². The lowest BCUT2D eigenvalue weighted by atomic mass is 9.79. The third-order valence-electron chi connectivity index (χ3n) is 5.00. The second kappa shape index (κ2) is 6.28. The van der Waals surface area contributed by atoms with E-state index in [2.05, 4.69) is 43.4 Å². The zero-order chi connectivity index (χ0) is 13.9. The van der Waals surface area contributed by atoms with Gasteiger partial charge in [0.1, 0.15) is 0 Å². The molecule has 1 saturated heterocycles. The van der Waals surface area contributed by atoms with Crippen LogP contribution in [0.4, 0.5) is 0 Å². The SMILES string of the molecule is CCNC(c1ccc(C2CCC2)cc1)C1COC(C)C1. The van der Waals surface area contributed by atoms with Crippen molar-refractivity contribution in [2.24, 2.45) is 5.92 Å². The fourth-order valence-corrected chi connectivity index (χ4v) is 3.58. The first-order valence-corrected chi connectivity index (χ1v) is 8.22. The lowest BCUT2D eigenvalue weighted by Crippen LogP contribution is -2.28. The molecule has 3 unspecified atom stereocenters. The van der Waals surface area contributed by atoms with Gasteiger partial charge in [-0.1, -0.05) is 37.6 Å². The van der Waals surface area contributed by atoms with Crippen LogP contribution in [-0.4, -0.2) is 19.3 Å². The van der Waals surface area contributed by atoms with E-state index in [1.165, 1.54) is 36.8 Å². The molecule has 1 aromatic rings. The third kappa shape index (κ3) is 2.91. The van der Waals surface area contributed by atoms with Crippen LogP contribution in [0.1, 0.15) is 62.6 Å². The summed E-state index contributed by atoms with van der Waals surface area (Å²) in [7, 11) is 0. The Labute approximate surface area is 122 Å². The molecule has 1 aliphatic heterocycles. The van der Waals surface area contributed by atoms with Crippen LogP contribution in [0, 0.1) is 5.92 Å². The Morgan fingerprint density at radius 3 is 2.50 bits per heavy atom. The molecule has 3 atom stereocenters. The van der Waals surface area contributed by atoms with Crippen LogP contribution >= 0.6 is 0 Å². The van der Waals surface area contributed by atoms with Crippen molar-refractivity contribution in [1.82, 2.24) is 5.32 Å². The molecule has 20 heavy (non-hydrogen) atoms. The fraction of sp³-hybridized carbons (Fsp3) is 0.667. The smallest absolute Gasteiger partial charge is 0.0551 e. The van der Waals surface area contributed by atoms with Gasteiger partial charge in [0.25, 0.3) is 0 Å². The summed E-state index contributed by atoms with van der Waals surface area (Å²) in [5.41, 5.74) is 2.96.